The van der Waals surface area contributed by atoms with Gasteiger partial charge in [0.15, 0.2) is 6.61 Å². The average molecular weight is 582 g/mol. The number of hydrogen-bond acceptors (Lipinski definition) is 5. The van der Waals surface area contributed by atoms with Crippen LogP contribution in [0.4, 0.5) is 11.4 Å². The van der Waals surface area contributed by atoms with E-state index in [0.717, 1.165) is 20.5 Å². The number of benzene rings is 2. The Kier molecular flexibility index (Phi) is 7.54. The summed E-state index contributed by atoms with van der Waals surface area (Å²) >= 11 is 15.9. The number of carbonyl (C=O) groups is 4. The van der Waals surface area contributed by atoms with Gasteiger partial charge in [-0.05, 0) is 74.2 Å². The normalized spacial score (nSPS) is 23.7. The zero-order valence-corrected chi connectivity index (χ0v) is 22.1. The molecular formula is C25H23BrCl2N2O5. The summed E-state index contributed by atoms with van der Waals surface area (Å²) in [4.78, 5) is 51.6. The van der Waals surface area contributed by atoms with E-state index in [1.165, 1.54) is 24.3 Å². The van der Waals surface area contributed by atoms with Crippen LogP contribution in [0.1, 0.15) is 34.3 Å². The topological polar surface area (TPSA) is 92.8 Å². The summed E-state index contributed by atoms with van der Waals surface area (Å²) < 4.78 is 6.06. The third kappa shape index (κ3) is 5.10. The van der Waals surface area contributed by atoms with Gasteiger partial charge in [0.2, 0.25) is 11.8 Å². The van der Waals surface area contributed by atoms with Crippen molar-refractivity contribution in [2.24, 2.45) is 11.8 Å². The Morgan fingerprint density at radius 2 is 1.54 bits per heavy atom. The number of nitrogens with zero attached hydrogens (tertiary/aromatic N) is 1. The van der Waals surface area contributed by atoms with Gasteiger partial charge in [0, 0.05) is 10.2 Å². The van der Waals surface area contributed by atoms with E-state index in [1.807, 2.05) is 19.9 Å². The lowest BCUT2D eigenvalue weighted by Crippen LogP contribution is -2.34. The van der Waals surface area contributed by atoms with Gasteiger partial charge >= 0.3 is 5.97 Å². The molecule has 3 amide bonds. The van der Waals surface area contributed by atoms with E-state index in [4.69, 9.17) is 27.9 Å². The maximum atomic E-state index is 12.9. The van der Waals surface area contributed by atoms with Crippen LogP contribution in [0.25, 0.3) is 0 Å². The van der Waals surface area contributed by atoms with Crippen molar-refractivity contribution in [3.63, 3.8) is 0 Å². The highest BCUT2D eigenvalue weighted by Crippen LogP contribution is 2.43. The fourth-order valence-electron chi connectivity index (χ4n) is 4.42. The van der Waals surface area contributed by atoms with Crippen LogP contribution in [-0.2, 0) is 19.1 Å². The van der Waals surface area contributed by atoms with Crippen molar-refractivity contribution in [3.05, 3.63) is 57.6 Å². The van der Waals surface area contributed by atoms with Crippen molar-refractivity contribution in [3.8, 4) is 0 Å². The maximum Gasteiger partial charge on any atom is 0.338 e. The number of alkyl halides is 2. The van der Waals surface area contributed by atoms with Crippen molar-refractivity contribution >= 4 is 74.2 Å². The number of halogens is 3. The molecule has 0 spiro atoms. The SMILES string of the molecule is Cc1c(Br)ccc(NC(=O)COC(=O)c2ccc(N3C(=O)[C@@H]4C[C@H](Cl)[C@@H](Cl)C[C@H]4C3=O)cc2)c1C. The highest BCUT2D eigenvalue weighted by molar-refractivity contribution is 9.10. The van der Waals surface area contributed by atoms with E-state index in [9.17, 15) is 19.2 Å². The van der Waals surface area contributed by atoms with Crippen LogP contribution < -0.4 is 10.2 Å². The molecule has 1 aliphatic heterocycles. The molecule has 2 aromatic carbocycles. The van der Waals surface area contributed by atoms with Crippen molar-refractivity contribution < 1.29 is 23.9 Å². The Morgan fingerprint density at radius 3 is 2.11 bits per heavy atom. The molecular weight excluding hydrogens is 559 g/mol. The molecule has 2 aromatic rings. The molecule has 4 atom stereocenters. The zero-order valence-electron chi connectivity index (χ0n) is 19.0. The number of rotatable bonds is 5. The van der Waals surface area contributed by atoms with Gasteiger partial charge in [-0.2, -0.15) is 0 Å². The smallest absolute Gasteiger partial charge is 0.338 e. The van der Waals surface area contributed by atoms with Crippen LogP contribution >= 0.6 is 39.1 Å². The Labute approximate surface area is 221 Å². The highest BCUT2D eigenvalue weighted by Gasteiger charge is 2.52. The molecule has 0 radical (unpaired) electrons. The monoisotopic (exact) mass is 580 g/mol. The van der Waals surface area contributed by atoms with Crippen molar-refractivity contribution in [1.82, 2.24) is 0 Å². The fraction of sp³-hybridized carbons (Fsp3) is 0.360. The summed E-state index contributed by atoms with van der Waals surface area (Å²) in [6.45, 7) is 3.36. The minimum Gasteiger partial charge on any atom is -0.452 e. The molecule has 0 aromatic heterocycles. The first-order valence-corrected chi connectivity index (χ1v) is 12.7. The second-order valence-electron chi connectivity index (χ2n) is 8.74. The first kappa shape index (κ1) is 25.7. The number of amides is 3. The molecule has 1 saturated heterocycles. The van der Waals surface area contributed by atoms with Crippen LogP contribution in [0.5, 0.6) is 0 Å². The molecule has 1 saturated carbocycles. The van der Waals surface area contributed by atoms with Crippen LogP contribution in [0.2, 0.25) is 0 Å². The van der Waals surface area contributed by atoms with Crippen LogP contribution in [0, 0.1) is 25.7 Å². The summed E-state index contributed by atoms with van der Waals surface area (Å²) in [6, 6.07) is 9.52. The molecule has 1 heterocycles. The zero-order chi connectivity index (χ0) is 25.4. The van der Waals surface area contributed by atoms with E-state index < -0.39 is 30.3 Å². The van der Waals surface area contributed by atoms with Gasteiger partial charge in [-0.3, -0.25) is 19.3 Å². The summed E-state index contributed by atoms with van der Waals surface area (Å²) in [6.07, 6.45) is 0.709. The predicted octanol–water partition coefficient (Wildman–Crippen LogP) is 4.98. The Balaban J connectivity index is 1.37. The van der Waals surface area contributed by atoms with Crippen LogP contribution in [0.3, 0.4) is 0 Å². The predicted molar refractivity (Wildman–Crippen MR) is 137 cm³/mol. The number of esters is 1. The molecule has 35 heavy (non-hydrogen) atoms. The minimum absolute atomic E-state index is 0.190. The van der Waals surface area contributed by atoms with Gasteiger partial charge in [-0.15, -0.1) is 23.2 Å². The number of ether oxygens (including phenoxy) is 1. The lowest BCUT2D eigenvalue weighted by molar-refractivity contribution is -0.122. The summed E-state index contributed by atoms with van der Waals surface area (Å²) in [7, 11) is 0. The van der Waals surface area contributed by atoms with Gasteiger partial charge in [0.1, 0.15) is 0 Å². The molecule has 10 heteroatoms. The van der Waals surface area contributed by atoms with Gasteiger partial charge in [-0.25, -0.2) is 4.79 Å². The second-order valence-corrected chi connectivity index (χ2v) is 10.7. The largest absolute Gasteiger partial charge is 0.452 e. The minimum atomic E-state index is -0.696. The van der Waals surface area contributed by atoms with Crippen molar-refractivity contribution in [2.75, 3.05) is 16.8 Å². The van der Waals surface area contributed by atoms with E-state index in [1.54, 1.807) is 6.07 Å². The van der Waals surface area contributed by atoms with Gasteiger partial charge < -0.3 is 10.1 Å². The number of imide groups is 1. The molecule has 0 bridgehead atoms. The quantitative estimate of drug-likeness (QED) is 0.305. The molecule has 2 fully saturated rings. The first-order chi connectivity index (χ1) is 16.6. The van der Waals surface area contributed by atoms with Gasteiger partial charge in [-0.1, -0.05) is 15.9 Å². The van der Waals surface area contributed by atoms with E-state index in [2.05, 4.69) is 21.2 Å². The molecule has 1 N–H and O–H groups in total. The lowest BCUT2D eigenvalue weighted by Gasteiger charge is -2.28. The van der Waals surface area contributed by atoms with Crippen LogP contribution in [-0.4, -0.2) is 41.1 Å². The lowest BCUT2D eigenvalue weighted by atomic mass is 9.80. The summed E-state index contributed by atoms with van der Waals surface area (Å²) in [5.41, 5.74) is 3.10. The Bertz CT molecular complexity index is 1180. The maximum absolute atomic E-state index is 12.9. The van der Waals surface area contributed by atoms with Crippen molar-refractivity contribution in [2.45, 2.75) is 37.4 Å². The third-order valence-electron chi connectivity index (χ3n) is 6.60. The van der Waals surface area contributed by atoms with E-state index in [0.29, 0.717) is 24.2 Å². The number of carbonyl (C=O) groups excluding carboxylic acids is 4. The molecule has 4 rings (SSSR count). The molecule has 1 aliphatic carbocycles. The number of nitrogens with one attached hydrogen (secondary N) is 1. The molecule has 184 valence electrons. The third-order valence-corrected chi connectivity index (χ3v) is 8.55. The Morgan fingerprint density at radius 1 is 0.971 bits per heavy atom. The van der Waals surface area contributed by atoms with E-state index >= 15 is 0 Å². The van der Waals surface area contributed by atoms with Gasteiger partial charge in [0.25, 0.3) is 5.91 Å². The molecule has 0 unspecified atom stereocenters. The summed E-state index contributed by atoms with van der Waals surface area (Å²) in [5, 5.41) is 2.01. The number of anilines is 2. The standard InChI is InChI=1S/C25H23BrCl2N2O5/c1-12-13(2)21(8-7-18(12)26)29-22(31)11-35-25(34)14-3-5-15(6-4-14)30-23(32)16-9-19(27)20(28)10-17(16)24(30)33/h3-8,16-17,19-20H,9-11H2,1-2H3,(H,29,31)/t16-,17-,19+,20+/m1/s1. The number of fused-ring (bicyclic) bond motifs is 1. The number of hydrogen-bond donors (Lipinski definition) is 1. The van der Waals surface area contributed by atoms with E-state index in [-0.39, 0.29) is 28.1 Å². The average Bonchev–Trinajstić information content (AvgIpc) is 3.07. The first-order valence-electron chi connectivity index (χ1n) is 11.1. The summed E-state index contributed by atoms with van der Waals surface area (Å²) in [5.74, 6) is -2.74. The second kappa shape index (κ2) is 10.3. The van der Waals surface area contributed by atoms with Crippen LogP contribution in [0.15, 0.2) is 40.9 Å². The Hall–Kier alpha value is -2.42. The van der Waals surface area contributed by atoms with Gasteiger partial charge in [0.05, 0.1) is 33.8 Å². The highest BCUT2D eigenvalue weighted by atomic mass is 79.9. The molecule has 2 aliphatic rings. The fourth-order valence-corrected chi connectivity index (χ4v) is 5.44. The molecule has 7 nitrogen and oxygen atoms in total. The van der Waals surface area contributed by atoms with Crippen molar-refractivity contribution in [1.29, 1.82) is 0 Å².